The molecule has 0 heterocycles. The highest BCUT2D eigenvalue weighted by Crippen LogP contribution is 2.54. The van der Waals surface area contributed by atoms with Crippen molar-refractivity contribution in [1.29, 1.82) is 0 Å². The highest BCUT2D eigenvalue weighted by atomic mass is 31.2. The van der Waals surface area contributed by atoms with Gasteiger partial charge in [0, 0.05) is 0 Å². The van der Waals surface area contributed by atoms with Gasteiger partial charge in [0.1, 0.15) is 0 Å². The van der Waals surface area contributed by atoms with E-state index in [-0.39, 0.29) is 0 Å². The van der Waals surface area contributed by atoms with Gasteiger partial charge < -0.3 is 14.7 Å². The monoisotopic (exact) mass is 191 g/mol. The van der Waals surface area contributed by atoms with Crippen LogP contribution in [-0.4, -0.2) is 20.6 Å². The molecule has 0 aromatic rings. The van der Waals surface area contributed by atoms with Crippen LogP contribution >= 0.6 is 15.2 Å². The first-order valence-corrected chi connectivity index (χ1v) is 5.58. The van der Waals surface area contributed by atoms with Crippen LogP contribution in [0.15, 0.2) is 0 Å². The quantitative estimate of drug-likeness (QED) is 0.339. The van der Waals surface area contributed by atoms with Gasteiger partial charge in [-0.1, -0.05) is 0 Å². The molecule has 62 valence electrons. The molecule has 0 amide bonds. The van der Waals surface area contributed by atoms with Gasteiger partial charge in [0.05, 0.1) is 0 Å². The molecule has 1 unspecified atom stereocenters. The largest absolute Gasteiger partial charge is 0.356 e. The second-order valence-corrected chi connectivity index (χ2v) is 5.50. The van der Waals surface area contributed by atoms with Gasteiger partial charge in [0.2, 0.25) is 0 Å². The van der Waals surface area contributed by atoms with Crippen LogP contribution < -0.4 is 5.90 Å². The zero-order valence-electron chi connectivity index (χ0n) is 4.75. The van der Waals surface area contributed by atoms with Crippen LogP contribution in [0.5, 0.6) is 0 Å². The molecule has 0 aliphatic carbocycles. The van der Waals surface area contributed by atoms with Crippen molar-refractivity contribution in [1.82, 2.24) is 0 Å². The summed E-state index contributed by atoms with van der Waals surface area (Å²) in [5.74, 6) is 3.00. The van der Waals surface area contributed by atoms with Crippen LogP contribution in [0.3, 0.4) is 0 Å². The van der Waals surface area contributed by atoms with Crippen LogP contribution in [-0.2, 0) is 13.8 Å². The minimum Gasteiger partial charge on any atom is -0.324 e. The second-order valence-electron chi connectivity index (χ2n) is 1.55. The Bertz CT molecular complexity index is 194. The molecule has 0 radical (unpaired) electrons. The average molecular weight is 191 g/mol. The van der Waals surface area contributed by atoms with Crippen molar-refractivity contribution < 1.29 is 28.4 Å². The predicted octanol–water partition coefficient (Wildman–Crippen LogP) is -0.803. The minimum absolute atomic E-state index is 1.25. The zero-order valence-corrected chi connectivity index (χ0v) is 6.53. The molecule has 0 aliphatic rings. The van der Waals surface area contributed by atoms with Gasteiger partial charge in [-0.2, -0.15) is 0 Å². The Morgan fingerprint density at radius 1 is 1.30 bits per heavy atom. The lowest BCUT2D eigenvalue weighted by Crippen LogP contribution is -2.00. The Morgan fingerprint density at radius 2 is 1.70 bits per heavy atom. The van der Waals surface area contributed by atoms with E-state index < -0.39 is 21.1 Å². The normalized spacial score (nSPS) is 18.4. The average Bonchev–Trinajstić information content (AvgIpc) is 1.60. The summed E-state index contributed by atoms with van der Waals surface area (Å²) < 4.78 is 23.8. The Morgan fingerprint density at radius 3 is 1.80 bits per heavy atom. The molecule has 0 aromatic carbocycles. The summed E-state index contributed by atoms with van der Waals surface area (Å²) in [5, 5.41) is 0. The topological polar surface area (TPSA) is 130 Å². The van der Waals surface area contributed by atoms with Gasteiger partial charge in [0.15, 0.2) is 5.90 Å². The summed E-state index contributed by atoms with van der Waals surface area (Å²) in [6.45, 7) is 0. The molecular formula is CH7NO6P2. The van der Waals surface area contributed by atoms with Crippen molar-refractivity contribution in [3.63, 3.8) is 0 Å². The first-order chi connectivity index (χ1) is 4.27. The Labute approximate surface area is 56.5 Å². The van der Waals surface area contributed by atoms with E-state index >= 15 is 0 Å². The molecule has 0 fully saturated rings. The van der Waals surface area contributed by atoms with Gasteiger partial charge in [-0.05, 0) is 0 Å². The van der Waals surface area contributed by atoms with E-state index in [4.69, 9.17) is 14.7 Å². The Kier molecular flexibility index (Phi) is 3.19. The maximum atomic E-state index is 10.3. The van der Waals surface area contributed by atoms with E-state index in [0.717, 1.165) is 0 Å². The minimum atomic E-state index is -4.52. The SMILES string of the molecule is NOP(=O)(O)CP(=O)(O)O. The van der Waals surface area contributed by atoms with Gasteiger partial charge in [-0.15, -0.1) is 0 Å². The van der Waals surface area contributed by atoms with Crippen LogP contribution in [0.1, 0.15) is 0 Å². The lowest BCUT2D eigenvalue weighted by molar-refractivity contribution is 0.269. The van der Waals surface area contributed by atoms with E-state index in [1.165, 1.54) is 0 Å². The fourth-order valence-electron chi connectivity index (χ4n) is 0.266. The lowest BCUT2D eigenvalue weighted by Gasteiger charge is -2.07. The lowest BCUT2D eigenvalue weighted by atomic mass is 11.9. The highest BCUT2D eigenvalue weighted by Gasteiger charge is 2.30. The molecule has 0 saturated carbocycles. The number of rotatable bonds is 3. The van der Waals surface area contributed by atoms with E-state index in [2.05, 4.69) is 10.5 Å². The summed E-state index contributed by atoms with van der Waals surface area (Å²) in [4.78, 5) is 24.6. The first-order valence-electron chi connectivity index (χ1n) is 2.02. The third kappa shape index (κ3) is 5.08. The molecule has 0 saturated heterocycles. The van der Waals surface area contributed by atoms with Gasteiger partial charge in [-0.3, -0.25) is 9.13 Å². The highest BCUT2D eigenvalue weighted by molar-refractivity contribution is 7.69. The molecule has 5 N–H and O–H groups in total. The van der Waals surface area contributed by atoms with Gasteiger partial charge >= 0.3 is 15.2 Å². The molecule has 7 nitrogen and oxygen atoms in total. The maximum Gasteiger partial charge on any atom is 0.356 e. The molecule has 0 aromatic heterocycles. The summed E-state index contributed by atoms with van der Waals surface area (Å²) in [6, 6.07) is 0. The second kappa shape index (κ2) is 3.11. The van der Waals surface area contributed by atoms with Crippen molar-refractivity contribution >= 4 is 15.2 Å². The van der Waals surface area contributed by atoms with Crippen molar-refractivity contribution in [3.05, 3.63) is 0 Å². The smallest absolute Gasteiger partial charge is 0.324 e. The fourth-order valence-corrected chi connectivity index (χ4v) is 2.40. The molecule has 10 heavy (non-hydrogen) atoms. The van der Waals surface area contributed by atoms with Crippen LogP contribution in [0.2, 0.25) is 0 Å². The van der Waals surface area contributed by atoms with E-state index in [9.17, 15) is 9.13 Å². The maximum absolute atomic E-state index is 10.3. The molecule has 1 atom stereocenters. The van der Waals surface area contributed by atoms with Crippen molar-refractivity contribution in [2.24, 2.45) is 5.90 Å². The summed E-state index contributed by atoms with van der Waals surface area (Å²) >= 11 is 0. The van der Waals surface area contributed by atoms with Crippen LogP contribution in [0, 0.1) is 0 Å². The van der Waals surface area contributed by atoms with Crippen LogP contribution in [0.4, 0.5) is 0 Å². The molecule has 9 heteroatoms. The third-order valence-electron chi connectivity index (χ3n) is 0.528. The molecule has 0 spiro atoms. The molecule has 0 bridgehead atoms. The standard InChI is InChI=1S/CH7NO6P2/c2-8-10(6,7)1-9(3,4)5/h1-2H2,(H,6,7)(H2,3,4,5). The van der Waals surface area contributed by atoms with E-state index in [0.29, 0.717) is 0 Å². The Hall–Kier alpha value is 0.260. The fraction of sp³-hybridized carbons (Fsp3) is 1.00. The van der Waals surface area contributed by atoms with Crippen molar-refractivity contribution in [2.75, 3.05) is 5.90 Å². The van der Waals surface area contributed by atoms with Crippen molar-refractivity contribution in [3.8, 4) is 0 Å². The van der Waals surface area contributed by atoms with E-state index in [1.807, 2.05) is 0 Å². The van der Waals surface area contributed by atoms with Gasteiger partial charge in [-0.25, -0.2) is 10.5 Å². The molecular weight excluding hydrogens is 184 g/mol. The molecule has 0 aliphatic heterocycles. The number of hydrogen-bond donors (Lipinski definition) is 4. The Balaban J connectivity index is 4.17. The summed E-state index contributed by atoms with van der Waals surface area (Å²) in [6.07, 6.45) is 0. The summed E-state index contributed by atoms with van der Waals surface area (Å²) in [7, 11) is -8.80. The third-order valence-corrected chi connectivity index (χ3v) is 3.76. The summed E-state index contributed by atoms with van der Waals surface area (Å²) in [5.41, 5.74) is 0. The van der Waals surface area contributed by atoms with Crippen LogP contribution in [0.25, 0.3) is 0 Å². The zero-order chi connectivity index (χ0) is 8.41. The predicted molar refractivity (Wildman–Crippen MR) is 32.0 cm³/mol. The number of nitrogens with two attached hydrogens (primary N) is 1. The van der Waals surface area contributed by atoms with Crippen molar-refractivity contribution in [2.45, 2.75) is 0 Å². The van der Waals surface area contributed by atoms with Gasteiger partial charge in [0.25, 0.3) is 0 Å². The number of hydrogen-bond acceptors (Lipinski definition) is 4. The molecule has 0 rings (SSSR count). The van der Waals surface area contributed by atoms with E-state index in [1.54, 1.807) is 0 Å². The first kappa shape index (κ1) is 10.3.